The summed E-state index contributed by atoms with van der Waals surface area (Å²) in [6.45, 7) is 2.30. The van der Waals surface area contributed by atoms with Gasteiger partial charge in [-0.3, -0.25) is 0 Å². The van der Waals surface area contributed by atoms with Crippen LogP contribution in [-0.4, -0.2) is 48.0 Å². The Morgan fingerprint density at radius 3 is 2.58 bits per heavy atom. The number of nitrogens with zero attached hydrogens (tertiary/aromatic N) is 1. The first-order valence-electron chi connectivity index (χ1n) is 4.70. The quantitative estimate of drug-likeness (QED) is 0.618. The van der Waals surface area contributed by atoms with Crippen molar-refractivity contribution in [2.45, 2.75) is 25.4 Å². The SMILES string of the molecule is CN(CCCO)CC1CC(O)C1. The monoisotopic (exact) mass is 173 g/mol. The minimum Gasteiger partial charge on any atom is -0.396 e. The third-order valence-corrected chi connectivity index (χ3v) is 2.48. The molecule has 1 rings (SSSR count). The van der Waals surface area contributed by atoms with Crippen LogP contribution in [0.4, 0.5) is 0 Å². The van der Waals surface area contributed by atoms with Crippen LogP contribution >= 0.6 is 0 Å². The van der Waals surface area contributed by atoms with Crippen molar-refractivity contribution in [2.24, 2.45) is 5.92 Å². The van der Waals surface area contributed by atoms with E-state index in [2.05, 4.69) is 11.9 Å². The highest BCUT2D eigenvalue weighted by Gasteiger charge is 2.27. The Hall–Kier alpha value is -0.120. The van der Waals surface area contributed by atoms with E-state index in [4.69, 9.17) is 10.2 Å². The maximum Gasteiger partial charge on any atom is 0.0546 e. The van der Waals surface area contributed by atoms with E-state index in [9.17, 15) is 0 Å². The summed E-state index contributed by atoms with van der Waals surface area (Å²) in [4.78, 5) is 2.23. The molecule has 0 bridgehead atoms. The second kappa shape index (κ2) is 4.80. The van der Waals surface area contributed by atoms with E-state index in [1.165, 1.54) is 0 Å². The largest absolute Gasteiger partial charge is 0.396 e. The maximum absolute atomic E-state index is 9.05. The second-order valence-corrected chi connectivity index (χ2v) is 3.83. The third-order valence-electron chi connectivity index (χ3n) is 2.48. The van der Waals surface area contributed by atoms with Gasteiger partial charge in [-0.25, -0.2) is 0 Å². The van der Waals surface area contributed by atoms with Gasteiger partial charge in [0.05, 0.1) is 6.10 Å². The van der Waals surface area contributed by atoms with Gasteiger partial charge in [0.25, 0.3) is 0 Å². The Labute approximate surface area is 74.0 Å². The normalized spacial score (nSPS) is 29.0. The van der Waals surface area contributed by atoms with E-state index in [1.54, 1.807) is 0 Å². The van der Waals surface area contributed by atoms with Gasteiger partial charge in [-0.05, 0) is 32.2 Å². The standard InChI is InChI=1S/C9H19NO2/c1-10(3-2-4-11)7-8-5-9(12)6-8/h8-9,11-12H,2-7H2,1H3. The summed E-state index contributed by atoms with van der Waals surface area (Å²) < 4.78 is 0. The Balaban J connectivity index is 1.98. The molecule has 0 aliphatic heterocycles. The summed E-state index contributed by atoms with van der Waals surface area (Å²) >= 11 is 0. The molecule has 12 heavy (non-hydrogen) atoms. The minimum absolute atomic E-state index is 0.0405. The van der Waals surface area contributed by atoms with Crippen LogP contribution in [0, 0.1) is 5.92 Å². The lowest BCUT2D eigenvalue weighted by Crippen LogP contribution is -2.37. The summed E-state index contributed by atoms with van der Waals surface area (Å²) in [5.74, 6) is 0.684. The van der Waals surface area contributed by atoms with Gasteiger partial charge in [-0.2, -0.15) is 0 Å². The van der Waals surface area contributed by atoms with Crippen LogP contribution in [0.3, 0.4) is 0 Å². The first-order valence-corrected chi connectivity index (χ1v) is 4.70. The summed E-state index contributed by atoms with van der Waals surface area (Å²) in [7, 11) is 2.07. The van der Waals surface area contributed by atoms with Crippen molar-refractivity contribution >= 4 is 0 Å². The van der Waals surface area contributed by atoms with Crippen molar-refractivity contribution < 1.29 is 10.2 Å². The van der Waals surface area contributed by atoms with Gasteiger partial charge in [0.15, 0.2) is 0 Å². The van der Waals surface area contributed by atoms with E-state index in [-0.39, 0.29) is 12.7 Å². The van der Waals surface area contributed by atoms with Crippen LogP contribution in [-0.2, 0) is 0 Å². The summed E-state index contributed by atoms with van der Waals surface area (Å²) in [6, 6.07) is 0. The van der Waals surface area contributed by atoms with E-state index in [0.29, 0.717) is 5.92 Å². The van der Waals surface area contributed by atoms with E-state index in [1.807, 2.05) is 0 Å². The van der Waals surface area contributed by atoms with Crippen molar-refractivity contribution in [2.75, 3.05) is 26.7 Å². The lowest BCUT2D eigenvalue weighted by Gasteiger charge is -2.34. The van der Waals surface area contributed by atoms with Gasteiger partial charge in [0.1, 0.15) is 0 Å². The Morgan fingerprint density at radius 2 is 2.08 bits per heavy atom. The molecule has 0 aromatic heterocycles. The van der Waals surface area contributed by atoms with Crippen molar-refractivity contribution in [1.29, 1.82) is 0 Å². The second-order valence-electron chi connectivity index (χ2n) is 3.83. The number of aliphatic hydroxyl groups is 2. The summed E-state index contributed by atoms with van der Waals surface area (Å²) in [5, 5.41) is 17.6. The molecular formula is C9H19NO2. The fourth-order valence-electron chi connectivity index (χ4n) is 1.72. The molecule has 0 spiro atoms. The highest BCUT2D eigenvalue weighted by Crippen LogP contribution is 2.27. The highest BCUT2D eigenvalue weighted by atomic mass is 16.3. The lowest BCUT2D eigenvalue weighted by molar-refractivity contribution is 0.0277. The molecule has 0 radical (unpaired) electrons. The average molecular weight is 173 g/mol. The molecular weight excluding hydrogens is 154 g/mol. The third kappa shape index (κ3) is 3.09. The Bertz CT molecular complexity index is 124. The van der Waals surface area contributed by atoms with Crippen molar-refractivity contribution in [3.8, 4) is 0 Å². The van der Waals surface area contributed by atoms with Crippen LogP contribution in [0.25, 0.3) is 0 Å². The van der Waals surface area contributed by atoms with Gasteiger partial charge in [0, 0.05) is 19.7 Å². The number of hydrogen-bond donors (Lipinski definition) is 2. The average Bonchev–Trinajstić information content (AvgIpc) is 1.98. The molecule has 1 aliphatic carbocycles. The zero-order chi connectivity index (χ0) is 8.97. The molecule has 1 fully saturated rings. The van der Waals surface area contributed by atoms with E-state index in [0.717, 1.165) is 32.4 Å². The van der Waals surface area contributed by atoms with Crippen LogP contribution in [0.2, 0.25) is 0 Å². The van der Waals surface area contributed by atoms with Gasteiger partial charge in [-0.1, -0.05) is 0 Å². The van der Waals surface area contributed by atoms with Crippen LogP contribution in [0.15, 0.2) is 0 Å². The molecule has 0 amide bonds. The van der Waals surface area contributed by atoms with Crippen LogP contribution < -0.4 is 0 Å². The minimum atomic E-state index is -0.0405. The van der Waals surface area contributed by atoms with Gasteiger partial charge < -0.3 is 15.1 Å². The molecule has 0 saturated heterocycles. The molecule has 0 atom stereocenters. The molecule has 0 heterocycles. The fourth-order valence-corrected chi connectivity index (χ4v) is 1.72. The zero-order valence-electron chi connectivity index (χ0n) is 7.74. The topological polar surface area (TPSA) is 43.7 Å². The van der Waals surface area contributed by atoms with Gasteiger partial charge in [-0.15, -0.1) is 0 Å². The van der Waals surface area contributed by atoms with Crippen molar-refractivity contribution in [3.63, 3.8) is 0 Å². The van der Waals surface area contributed by atoms with Gasteiger partial charge >= 0.3 is 0 Å². The van der Waals surface area contributed by atoms with E-state index >= 15 is 0 Å². The van der Waals surface area contributed by atoms with E-state index < -0.39 is 0 Å². The Kier molecular flexibility index (Phi) is 3.98. The molecule has 1 aliphatic rings. The summed E-state index contributed by atoms with van der Waals surface area (Å²) in [5.41, 5.74) is 0. The molecule has 3 heteroatoms. The highest BCUT2D eigenvalue weighted by molar-refractivity contribution is 4.80. The zero-order valence-corrected chi connectivity index (χ0v) is 7.74. The molecule has 72 valence electrons. The fraction of sp³-hybridized carbons (Fsp3) is 1.00. The summed E-state index contributed by atoms with van der Waals surface area (Å²) in [6.07, 6.45) is 2.74. The number of rotatable bonds is 5. The molecule has 2 N–H and O–H groups in total. The predicted molar refractivity (Wildman–Crippen MR) is 47.9 cm³/mol. The van der Waals surface area contributed by atoms with Crippen molar-refractivity contribution in [1.82, 2.24) is 4.90 Å². The molecule has 3 nitrogen and oxygen atoms in total. The first kappa shape index (κ1) is 9.96. The Morgan fingerprint density at radius 1 is 1.42 bits per heavy atom. The smallest absolute Gasteiger partial charge is 0.0546 e. The maximum atomic E-state index is 9.05. The molecule has 1 saturated carbocycles. The molecule has 0 aromatic carbocycles. The van der Waals surface area contributed by atoms with Gasteiger partial charge in [0.2, 0.25) is 0 Å². The first-order chi connectivity index (χ1) is 5.72. The number of aliphatic hydroxyl groups excluding tert-OH is 2. The van der Waals surface area contributed by atoms with Crippen LogP contribution in [0.5, 0.6) is 0 Å². The lowest BCUT2D eigenvalue weighted by atomic mass is 9.82. The number of hydrogen-bond acceptors (Lipinski definition) is 3. The predicted octanol–water partition coefficient (Wildman–Crippen LogP) is 0.0715. The molecule has 0 aromatic rings. The van der Waals surface area contributed by atoms with Crippen molar-refractivity contribution in [3.05, 3.63) is 0 Å². The van der Waals surface area contributed by atoms with Crippen LogP contribution in [0.1, 0.15) is 19.3 Å². The molecule has 0 unspecified atom stereocenters.